The van der Waals surface area contributed by atoms with Crippen molar-refractivity contribution in [3.8, 4) is 11.1 Å². The Labute approximate surface area is 196 Å². The highest BCUT2D eigenvalue weighted by Crippen LogP contribution is 2.30. The summed E-state index contributed by atoms with van der Waals surface area (Å²) in [7, 11) is 1.85. The molecule has 1 aliphatic heterocycles. The van der Waals surface area contributed by atoms with E-state index in [0.29, 0.717) is 23.9 Å². The monoisotopic (exact) mass is 455 g/mol. The molecule has 34 heavy (non-hydrogen) atoms. The number of fused-ring (bicyclic) bond motifs is 1. The van der Waals surface area contributed by atoms with Crippen molar-refractivity contribution in [1.29, 1.82) is 0 Å². The maximum absolute atomic E-state index is 12.0. The number of aliphatic hydroxyl groups excluding tert-OH is 1. The summed E-state index contributed by atoms with van der Waals surface area (Å²) in [5, 5.41) is 23.8. The molecule has 3 heterocycles. The highest BCUT2D eigenvalue weighted by Gasteiger charge is 2.19. The number of benzene rings is 2. The molecule has 0 saturated heterocycles. The van der Waals surface area contributed by atoms with E-state index in [2.05, 4.69) is 26.0 Å². The second-order valence-electron chi connectivity index (χ2n) is 8.15. The molecule has 0 aliphatic carbocycles. The number of nitrogens with one attached hydrogen (secondary N) is 3. The molecule has 4 N–H and O–H groups in total. The topological polar surface area (TPSA) is 117 Å². The summed E-state index contributed by atoms with van der Waals surface area (Å²) in [5.41, 5.74) is 5.07. The first-order valence-corrected chi connectivity index (χ1v) is 11.1. The number of hydrogen-bond donors (Lipinski definition) is 4. The molecule has 0 fully saturated rings. The molecule has 1 amide bonds. The summed E-state index contributed by atoms with van der Waals surface area (Å²) in [6.45, 7) is 0.526. The number of carbonyl (C=O) groups excluding carboxylic acids is 1. The van der Waals surface area contributed by atoms with E-state index in [9.17, 15) is 9.90 Å². The maximum Gasteiger partial charge on any atom is 0.251 e. The maximum atomic E-state index is 12.0. The van der Waals surface area contributed by atoms with E-state index in [1.807, 2.05) is 61.8 Å². The number of rotatable bonds is 7. The Bertz CT molecular complexity index is 1320. The molecule has 172 valence electrons. The van der Waals surface area contributed by atoms with Crippen molar-refractivity contribution in [1.82, 2.24) is 25.1 Å². The van der Waals surface area contributed by atoms with Crippen LogP contribution in [0, 0.1) is 0 Å². The van der Waals surface area contributed by atoms with Gasteiger partial charge in [0.15, 0.2) is 0 Å². The molecule has 1 atom stereocenters. The molecule has 0 radical (unpaired) electrons. The van der Waals surface area contributed by atoms with Gasteiger partial charge in [0.1, 0.15) is 5.82 Å². The average Bonchev–Trinajstić information content (AvgIpc) is 3.29. The Balaban J connectivity index is 1.48. The van der Waals surface area contributed by atoms with Crippen molar-refractivity contribution in [2.45, 2.75) is 12.5 Å². The van der Waals surface area contributed by atoms with Crippen LogP contribution in [-0.2, 0) is 13.5 Å². The standard InChI is InChI=1S/C25H25N7O2/c1-32-14-18(12-28-32)21-13-27-25(29-19-7-8-20-17(11-19)9-10-26-24(20)34)31-23(21)30-22(15-33)16-5-3-2-4-6-16/h2-8,11-14,22,33H,9-10,15H2,1H3,(H,26,34)(H2,27,29,30,31)/t22-/m1/s1. The van der Waals surface area contributed by atoms with Crippen LogP contribution in [0.5, 0.6) is 0 Å². The predicted octanol–water partition coefficient (Wildman–Crippen LogP) is 3.05. The van der Waals surface area contributed by atoms with Crippen LogP contribution in [0.1, 0.15) is 27.5 Å². The molecular formula is C25H25N7O2. The zero-order valence-corrected chi connectivity index (χ0v) is 18.7. The fourth-order valence-electron chi connectivity index (χ4n) is 4.04. The molecule has 9 nitrogen and oxygen atoms in total. The first kappa shape index (κ1) is 21.6. The average molecular weight is 456 g/mol. The van der Waals surface area contributed by atoms with E-state index in [0.717, 1.165) is 34.4 Å². The molecule has 2 aromatic carbocycles. The quantitative estimate of drug-likeness (QED) is 0.338. The third-order valence-electron chi connectivity index (χ3n) is 5.79. The summed E-state index contributed by atoms with van der Waals surface area (Å²) < 4.78 is 1.72. The van der Waals surface area contributed by atoms with Crippen molar-refractivity contribution >= 4 is 23.4 Å². The molecule has 0 unspecified atom stereocenters. The zero-order valence-electron chi connectivity index (χ0n) is 18.7. The minimum absolute atomic E-state index is 0.0488. The lowest BCUT2D eigenvalue weighted by molar-refractivity contribution is 0.0946. The van der Waals surface area contributed by atoms with Crippen LogP contribution in [0.3, 0.4) is 0 Å². The fraction of sp³-hybridized carbons (Fsp3) is 0.200. The van der Waals surface area contributed by atoms with Gasteiger partial charge in [-0.25, -0.2) is 4.98 Å². The summed E-state index contributed by atoms with van der Waals surface area (Å²) in [6.07, 6.45) is 6.16. The number of aryl methyl sites for hydroxylation is 1. The fourth-order valence-corrected chi connectivity index (χ4v) is 4.04. The Hall–Kier alpha value is -4.24. The van der Waals surface area contributed by atoms with Crippen LogP contribution in [0.25, 0.3) is 11.1 Å². The molecule has 1 aliphatic rings. The molecule has 9 heteroatoms. The lowest BCUT2D eigenvalue weighted by atomic mass is 10.00. The van der Waals surface area contributed by atoms with Crippen LogP contribution in [0.4, 0.5) is 17.5 Å². The van der Waals surface area contributed by atoms with Gasteiger partial charge < -0.3 is 21.1 Å². The van der Waals surface area contributed by atoms with Gasteiger partial charge in [0.05, 0.1) is 18.8 Å². The highest BCUT2D eigenvalue weighted by atomic mass is 16.3. The van der Waals surface area contributed by atoms with Crippen molar-refractivity contribution in [2.75, 3.05) is 23.8 Å². The lowest BCUT2D eigenvalue weighted by Gasteiger charge is -2.20. The summed E-state index contributed by atoms with van der Waals surface area (Å²) in [6, 6.07) is 15.0. The number of aromatic nitrogens is 4. The van der Waals surface area contributed by atoms with Crippen molar-refractivity contribution in [2.24, 2.45) is 7.05 Å². The second kappa shape index (κ2) is 9.32. The molecule has 2 aromatic heterocycles. The largest absolute Gasteiger partial charge is 0.394 e. The smallest absolute Gasteiger partial charge is 0.251 e. The van der Waals surface area contributed by atoms with Gasteiger partial charge in [0.2, 0.25) is 5.95 Å². The SMILES string of the molecule is Cn1cc(-c2cnc(Nc3ccc4c(c3)CCNC4=O)nc2N[C@H](CO)c2ccccc2)cn1. The molecule has 0 saturated carbocycles. The van der Waals surface area contributed by atoms with E-state index in [-0.39, 0.29) is 18.6 Å². The molecule has 0 spiro atoms. The van der Waals surface area contributed by atoms with Gasteiger partial charge in [-0.3, -0.25) is 9.48 Å². The minimum atomic E-state index is -0.346. The van der Waals surface area contributed by atoms with E-state index in [1.165, 1.54) is 0 Å². The molecule has 0 bridgehead atoms. The first-order valence-electron chi connectivity index (χ1n) is 11.1. The number of aliphatic hydroxyl groups is 1. The van der Waals surface area contributed by atoms with Gasteiger partial charge in [0.25, 0.3) is 5.91 Å². The minimum Gasteiger partial charge on any atom is -0.394 e. The van der Waals surface area contributed by atoms with Crippen LogP contribution in [-0.4, -0.2) is 43.9 Å². The van der Waals surface area contributed by atoms with Gasteiger partial charge in [-0.1, -0.05) is 30.3 Å². The molecule has 4 aromatic rings. The highest BCUT2D eigenvalue weighted by molar-refractivity contribution is 5.97. The van der Waals surface area contributed by atoms with Crippen LogP contribution >= 0.6 is 0 Å². The zero-order chi connectivity index (χ0) is 23.5. The Morgan fingerprint density at radius 3 is 2.76 bits per heavy atom. The van der Waals surface area contributed by atoms with Crippen molar-refractivity contribution < 1.29 is 9.90 Å². The molecular weight excluding hydrogens is 430 g/mol. The predicted molar refractivity (Wildman–Crippen MR) is 130 cm³/mol. The molecule has 5 rings (SSSR count). The van der Waals surface area contributed by atoms with E-state index in [1.54, 1.807) is 17.1 Å². The van der Waals surface area contributed by atoms with E-state index < -0.39 is 0 Å². The van der Waals surface area contributed by atoms with Crippen molar-refractivity contribution in [3.05, 3.63) is 83.8 Å². The third kappa shape index (κ3) is 4.46. The summed E-state index contributed by atoms with van der Waals surface area (Å²) in [4.78, 5) is 21.3. The summed E-state index contributed by atoms with van der Waals surface area (Å²) in [5.74, 6) is 0.929. The first-order chi connectivity index (χ1) is 16.6. The Kier molecular flexibility index (Phi) is 5.92. The lowest BCUT2D eigenvalue weighted by Crippen LogP contribution is -2.31. The van der Waals surface area contributed by atoms with Crippen LogP contribution < -0.4 is 16.0 Å². The number of hydrogen-bond acceptors (Lipinski definition) is 7. The normalized spacial score (nSPS) is 13.6. The van der Waals surface area contributed by atoms with E-state index in [4.69, 9.17) is 4.98 Å². The van der Waals surface area contributed by atoms with Gasteiger partial charge in [-0.15, -0.1) is 0 Å². The van der Waals surface area contributed by atoms with Crippen molar-refractivity contribution in [3.63, 3.8) is 0 Å². The summed E-state index contributed by atoms with van der Waals surface area (Å²) >= 11 is 0. The van der Waals surface area contributed by atoms with Gasteiger partial charge in [-0.05, 0) is 35.7 Å². The third-order valence-corrected chi connectivity index (χ3v) is 5.79. The van der Waals surface area contributed by atoms with Gasteiger partial charge >= 0.3 is 0 Å². The van der Waals surface area contributed by atoms with Crippen LogP contribution in [0.2, 0.25) is 0 Å². The Morgan fingerprint density at radius 1 is 1.15 bits per heavy atom. The number of anilines is 3. The number of carbonyl (C=O) groups is 1. The second-order valence-corrected chi connectivity index (χ2v) is 8.15. The number of nitrogens with zero attached hydrogens (tertiary/aromatic N) is 4. The van der Waals surface area contributed by atoms with Gasteiger partial charge in [-0.2, -0.15) is 10.1 Å². The Morgan fingerprint density at radius 2 is 2.00 bits per heavy atom. The van der Waals surface area contributed by atoms with E-state index >= 15 is 0 Å². The number of amides is 1. The van der Waals surface area contributed by atoms with Gasteiger partial charge in [0, 0.05) is 48.4 Å². The van der Waals surface area contributed by atoms with Crippen LogP contribution in [0.15, 0.2) is 67.1 Å².